The summed E-state index contributed by atoms with van der Waals surface area (Å²) in [5, 5.41) is 2.83. The number of morpholine rings is 1. The Morgan fingerprint density at radius 3 is 2.64 bits per heavy atom. The molecule has 1 aromatic rings. The molecule has 1 aromatic carbocycles. The fourth-order valence-corrected chi connectivity index (χ4v) is 4.69. The molecule has 7 nitrogen and oxygen atoms in total. The number of carbonyl (C=O) groups is 1. The Morgan fingerprint density at radius 2 is 2.00 bits per heavy atom. The molecule has 2 atom stereocenters. The minimum absolute atomic E-state index is 0.109. The highest BCUT2D eigenvalue weighted by atomic mass is 32.2. The number of thioether (sulfide) groups is 1. The standard InChI is InChI=1S/C18H28FN3O4S2/c1-14(22-8-10-26-11-9-22)13-20-18(23)16(7-12-27-2)21-28(24,25)17-6-4-3-5-15(17)19/h3-6,14,16,21H,7-13H2,1-2H3,(H,20,23). The van der Waals surface area contributed by atoms with Gasteiger partial charge in [0.05, 0.1) is 13.2 Å². The van der Waals surface area contributed by atoms with E-state index in [1.807, 2.05) is 13.2 Å². The first kappa shape index (κ1) is 23.1. The van der Waals surface area contributed by atoms with Crippen LogP contribution in [0, 0.1) is 5.82 Å². The maximum Gasteiger partial charge on any atom is 0.244 e. The molecule has 0 spiro atoms. The first-order valence-electron chi connectivity index (χ1n) is 9.20. The molecule has 10 heteroatoms. The number of nitrogens with zero attached hydrogens (tertiary/aromatic N) is 1. The molecule has 1 heterocycles. The summed E-state index contributed by atoms with van der Waals surface area (Å²) in [6.07, 6.45) is 2.19. The van der Waals surface area contributed by atoms with E-state index in [2.05, 4.69) is 14.9 Å². The van der Waals surface area contributed by atoms with Crippen LogP contribution in [0.2, 0.25) is 0 Å². The van der Waals surface area contributed by atoms with Crippen molar-refractivity contribution in [1.82, 2.24) is 14.9 Å². The lowest BCUT2D eigenvalue weighted by molar-refractivity contribution is -0.123. The second-order valence-electron chi connectivity index (χ2n) is 6.63. The van der Waals surface area contributed by atoms with Crippen LogP contribution in [0.4, 0.5) is 4.39 Å². The monoisotopic (exact) mass is 433 g/mol. The van der Waals surface area contributed by atoms with Gasteiger partial charge < -0.3 is 10.1 Å². The van der Waals surface area contributed by atoms with Crippen LogP contribution in [-0.2, 0) is 19.6 Å². The van der Waals surface area contributed by atoms with Gasteiger partial charge in [-0.05, 0) is 37.5 Å². The lowest BCUT2D eigenvalue weighted by Crippen LogP contribution is -2.51. The number of hydrogen-bond donors (Lipinski definition) is 2. The van der Waals surface area contributed by atoms with Gasteiger partial charge in [0.1, 0.15) is 16.8 Å². The quantitative estimate of drug-likeness (QED) is 0.574. The highest BCUT2D eigenvalue weighted by molar-refractivity contribution is 7.98. The molecule has 0 bridgehead atoms. The Kier molecular flexibility index (Phi) is 9.16. The van der Waals surface area contributed by atoms with E-state index in [1.54, 1.807) is 0 Å². The van der Waals surface area contributed by atoms with E-state index < -0.39 is 32.7 Å². The van der Waals surface area contributed by atoms with Gasteiger partial charge in [-0.1, -0.05) is 12.1 Å². The van der Waals surface area contributed by atoms with E-state index in [9.17, 15) is 17.6 Å². The molecule has 1 saturated heterocycles. The predicted molar refractivity (Wildman–Crippen MR) is 108 cm³/mol. The number of ether oxygens (including phenoxy) is 1. The van der Waals surface area contributed by atoms with Gasteiger partial charge in [-0.25, -0.2) is 12.8 Å². The number of benzene rings is 1. The zero-order valence-electron chi connectivity index (χ0n) is 16.2. The lowest BCUT2D eigenvalue weighted by atomic mass is 10.2. The Balaban J connectivity index is 2.01. The number of hydrogen-bond acceptors (Lipinski definition) is 6. The number of halogens is 1. The molecular formula is C18H28FN3O4S2. The third-order valence-electron chi connectivity index (χ3n) is 4.59. The SMILES string of the molecule is CSCCC(NS(=O)(=O)c1ccccc1F)C(=O)NCC(C)N1CCOCC1. The van der Waals surface area contributed by atoms with Gasteiger partial charge in [-0.15, -0.1) is 0 Å². The van der Waals surface area contributed by atoms with Crippen molar-refractivity contribution in [2.75, 3.05) is 44.9 Å². The van der Waals surface area contributed by atoms with Gasteiger partial charge in [-0.3, -0.25) is 9.69 Å². The fraction of sp³-hybridized carbons (Fsp3) is 0.611. The van der Waals surface area contributed by atoms with Crippen molar-refractivity contribution >= 4 is 27.7 Å². The minimum Gasteiger partial charge on any atom is -0.379 e. The molecule has 0 aliphatic carbocycles. The Labute approximate surface area is 170 Å². The minimum atomic E-state index is -4.15. The molecular weight excluding hydrogens is 405 g/mol. The fourth-order valence-electron chi connectivity index (χ4n) is 2.91. The number of rotatable bonds is 10. The third-order valence-corrected chi connectivity index (χ3v) is 6.74. The topological polar surface area (TPSA) is 87.7 Å². The van der Waals surface area contributed by atoms with E-state index in [-0.39, 0.29) is 6.04 Å². The maximum atomic E-state index is 13.9. The third kappa shape index (κ3) is 6.70. The summed E-state index contributed by atoms with van der Waals surface area (Å²) in [7, 11) is -4.15. The molecule has 0 aromatic heterocycles. The Morgan fingerprint density at radius 1 is 1.32 bits per heavy atom. The van der Waals surface area contributed by atoms with E-state index in [1.165, 1.54) is 30.0 Å². The summed E-state index contributed by atoms with van der Waals surface area (Å²) in [6.45, 7) is 5.33. The van der Waals surface area contributed by atoms with Crippen molar-refractivity contribution in [2.24, 2.45) is 0 Å². The number of sulfonamides is 1. The Bertz CT molecular complexity index is 742. The summed E-state index contributed by atoms with van der Waals surface area (Å²) in [5.41, 5.74) is 0. The average molecular weight is 434 g/mol. The van der Waals surface area contributed by atoms with Gasteiger partial charge in [0.2, 0.25) is 15.9 Å². The zero-order chi connectivity index (χ0) is 20.6. The summed E-state index contributed by atoms with van der Waals surface area (Å²) in [4.78, 5) is 14.4. The van der Waals surface area contributed by atoms with Crippen molar-refractivity contribution in [1.29, 1.82) is 0 Å². The van der Waals surface area contributed by atoms with Crippen LogP contribution >= 0.6 is 11.8 Å². The van der Waals surface area contributed by atoms with Gasteiger partial charge in [0.25, 0.3) is 0 Å². The number of nitrogens with one attached hydrogen (secondary N) is 2. The second-order valence-corrected chi connectivity index (χ2v) is 9.30. The van der Waals surface area contributed by atoms with Crippen LogP contribution in [0.5, 0.6) is 0 Å². The molecule has 2 unspecified atom stereocenters. The van der Waals surface area contributed by atoms with Crippen molar-refractivity contribution < 1.29 is 22.3 Å². The van der Waals surface area contributed by atoms with Gasteiger partial charge in [-0.2, -0.15) is 16.5 Å². The summed E-state index contributed by atoms with van der Waals surface area (Å²) in [5.74, 6) is -0.661. The predicted octanol–water partition coefficient (Wildman–Crippen LogP) is 1.06. The van der Waals surface area contributed by atoms with Crippen LogP contribution in [-0.4, -0.2) is 76.2 Å². The Hall–Kier alpha value is -1.20. The normalized spacial score (nSPS) is 17.8. The largest absolute Gasteiger partial charge is 0.379 e. The van der Waals surface area contributed by atoms with Gasteiger partial charge in [0, 0.05) is 25.7 Å². The maximum absolute atomic E-state index is 13.9. The smallest absolute Gasteiger partial charge is 0.244 e. The number of amides is 1. The van der Waals surface area contributed by atoms with E-state index in [0.717, 1.165) is 19.2 Å². The van der Waals surface area contributed by atoms with Crippen molar-refractivity contribution in [3.05, 3.63) is 30.1 Å². The van der Waals surface area contributed by atoms with E-state index >= 15 is 0 Å². The molecule has 2 N–H and O–H groups in total. The van der Waals surface area contributed by atoms with Crippen LogP contribution in [0.25, 0.3) is 0 Å². The molecule has 2 rings (SSSR count). The summed E-state index contributed by atoms with van der Waals surface area (Å²) < 4.78 is 46.7. The van der Waals surface area contributed by atoms with Crippen LogP contribution in [0.15, 0.2) is 29.2 Å². The van der Waals surface area contributed by atoms with Crippen molar-refractivity contribution in [3.63, 3.8) is 0 Å². The molecule has 1 aliphatic heterocycles. The van der Waals surface area contributed by atoms with Crippen molar-refractivity contribution in [2.45, 2.75) is 30.3 Å². The van der Waals surface area contributed by atoms with E-state index in [0.29, 0.717) is 31.9 Å². The first-order valence-corrected chi connectivity index (χ1v) is 12.1. The zero-order valence-corrected chi connectivity index (χ0v) is 17.8. The first-order chi connectivity index (χ1) is 13.3. The van der Waals surface area contributed by atoms with Crippen LogP contribution in [0.3, 0.4) is 0 Å². The van der Waals surface area contributed by atoms with E-state index in [4.69, 9.17) is 4.74 Å². The molecule has 1 fully saturated rings. The molecule has 158 valence electrons. The molecule has 1 amide bonds. The average Bonchev–Trinajstić information content (AvgIpc) is 2.69. The van der Waals surface area contributed by atoms with Gasteiger partial charge in [0.15, 0.2) is 0 Å². The van der Waals surface area contributed by atoms with Crippen LogP contribution in [0.1, 0.15) is 13.3 Å². The summed E-state index contributed by atoms with van der Waals surface area (Å²) >= 11 is 1.51. The molecule has 0 radical (unpaired) electrons. The van der Waals surface area contributed by atoms with Gasteiger partial charge >= 0.3 is 0 Å². The van der Waals surface area contributed by atoms with Crippen LogP contribution < -0.4 is 10.0 Å². The lowest BCUT2D eigenvalue weighted by Gasteiger charge is -2.32. The van der Waals surface area contributed by atoms with Crippen molar-refractivity contribution in [3.8, 4) is 0 Å². The highest BCUT2D eigenvalue weighted by Gasteiger charge is 2.28. The number of carbonyl (C=O) groups excluding carboxylic acids is 1. The summed E-state index contributed by atoms with van der Waals surface area (Å²) in [6, 6.07) is 4.26. The second kappa shape index (κ2) is 11.1. The molecule has 0 saturated carbocycles. The molecule has 28 heavy (non-hydrogen) atoms. The highest BCUT2D eigenvalue weighted by Crippen LogP contribution is 2.15. The molecule has 1 aliphatic rings.